The molecule has 206 valence electrons. The Labute approximate surface area is 223 Å². The van der Waals surface area contributed by atoms with Gasteiger partial charge in [0.2, 0.25) is 0 Å². The van der Waals surface area contributed by atoms with Crippen molar-refractivity contribution in [2.24, 2.45) is 5.41 Å². The van der Waals surface area contributed by atoms with Gasteiger partial charge in [0, 0.05) is 38.1 Å². The zero-order valence-electron chi connectivity index (χ0n) is 22.3. The minimum atomic E-state index is -1.49. The number of nitrogens with zero attached hydrogens (tertiary/aromatic N) is 3. The molecular weight excluding hydrogens is 491 g/mol. The molecule has 10 heteroatoms. The summed E-state index contributed by atoms with van der Waals surface area (Å²) in [6.45, 7) is 8.97. The monoisotopic (exact) mass is 528 g/mol. The van der Waals surface area contributed by atoms with E-state index in [-0.39, 0.29) is 26.1 Å². The molecule has 38 heavy (non-hydrogen) atoms. The molecule has 9 nitrogen and oxygen atoms in total. The topological polar surface area (TPSA) is 115 Å². The number of carbonyl (C=O) groups excluding carboxylic acids is 1. The second-order valence-corrected chi connectivity index (χ2v) is 11.3. The number of halogens is 1. The van der Waals surface area contributed by atoms with E-state index in [2.05, 4.69) is 22.4 Å². The average Bonchev–Trinajstić information content (AvgIpc) is 3.08. The smallest absolute Gasteiger partial charge is 0.407 e. The molecule has 4 rings (SSSR count). The highest BCUT2D eigenvalue weighted by atomic mass is 19.1. The van der Waals surface area contributed by atoms with Gasteiger partial charge in [-0.05, 0) is 35.6 Å². The summed E-state index contributed by atoms with van der Waals surface area (Å²) in [5, 5.41) is 22.1. The molecule has 1 unspecified atom stereocenters. The molecule has 1 aromatic carbocycles. The number of ether oxygens (including phenoxy) is 2. The molecule has 0 bridgehead atoms. The highest BCUT2D eigenvalue weighted by Gasteiger charge is 2.53. The Morgan fingerprint density at radius 1 is 1.32 bits per heavy atom. The predicted octanol–water partition coefficient (Wildman–Crippen LogP) is 3.05. The van der Waals surface area contributed by atoms with Crippen LogP contribution in [0.4, 0.5) is 9.18 Å². The van der Waals surface area contributed by atoms with Gasteiger partial charge in [-0.25, -0.2) is 9.18 Å². The fraction of sp³-hybridized carbons (Fsp3) is 0.607. The van der Waals surface area contributed by atoms with E-state index in [0.29, 0.717) is 18.0 Å². The van der Waals surface area contributed by atoms with E-state index >= 15 is 4.39 Å². The summed E-state index contributed by atoms with van der Waals surface area (Å²) in [4.78, 5) is 28.9. The summed E-state index contributed by atoms with van der Waals surface area (Å²) in [5.74, 6) is -1.00. The number of rotatable bonds is 6. The molecule has 0 saturated carbocycles. The molecule has 0 aromatic heterocycles. The Morgan fingerprint density at radius 3 is 2.63 bits per heavy atom. The van der Waals surface area contributed by atoms with Crippen molar-refractivity contribution >= 4 is 17.6 Å². The van der Waals surface area contributed by atoms with Crippen LogP contribution in [0.15, 0.2) is 24.3 Å². The summed E-state index contributed by atoms with van der Waals surface area (Å²) in [5.41, 5.74) is -0.0223. The number of carboxylic acid groups (broad SMARTS) is 1. The van der Waals surface area contributed by atoms with Crippen LogP contribution in [0.5, 0.6) is 0 Å². The first kappa shape index (κ1) is 28.0. The Balaban J connectivity index is 1.46. The fourth-order valence-electron chi connectivity index (χ4n) is 5.24. The van der Waals surface area contributed by atoms with Crippen LogP contribution in [-0.2, 0) is 20.7 Å². The van der Waals surface area contributed by atoms with Crippen LogP contribution < -0.4 is 5.32 Å². The Morgan fingerprint density at radius 2 is 2.08 bits per heavy atom. The molecule has 3 aliphatic heterocycles. The molecule has 0 spiro atoms. The maximum atomic E-state index is 15.1. The maximum Gasteiger partial charge on any atom is 0.407 e. The van der Waals surface area contributed by atoms with Gasteiger partial charge >= 0.3 is 6.09 Å². The highest BCUT2D eigenvalue weighted by molar-refractivity contribution is 5.87. The SMILES string of the molecule is CC(C)(C)C1(C(=O)N[C@H](C#N)Cc2ccc(C3=CCN(C4COC4)CC3)cc2F)CN(C(=O)O)CCCO1. The number of hydrogen-bond acceptors (Lipinski definition) is 6. The Bertz CT molecular complexity index is 1120. The van der Waals surface area contributed by atoms with Gasteiger partial charge in [0.25, 0.3) is 5.91 Å². The Hall–Kier alpha value is -3.00. The predicted molar refractivity (Wildman–Crippen MR) is 139 cm³/mol. The quantitative estimate of drug-likeness (QED) is 0.583. The largest absolute Gasteiger partial charge is 0.465 e. The molecule has 3 aliphatic rings. The minimum Gasteiger partial charge on any atom is -0.465 e. The van der Waals surface area contributed by atoms with Crippen molar-refractivity contribution < 1.29 is 28.6 Å². The number of nitrogens with one attached hydrogen (secondary N) is 1. The lowest BCUT2D eigenvalue weighted by molar-refractivity contribution is -0.165. The van der Waals surface area contributed by atoms with Crippen molar-refractivity contribution in [3.8, 4) is 6.07 Å². The van der Waals surface area contributed by atoms with Gasteiger partial charge in [-0.2, -0.15) is 5.26 Å². The lowest BCUT2D eigenvalue weighted by atomic mass is 9.75. The summed E-state index contributed by atoms with van der Waals surface area (Å²) in [6, 6.07) is 6.54. The van der Waals surface area contributed by atoms with E-state index in [9.17, 15) is 20.0 Å². The van der Waals surface area contributed by atoms with Crippen molar-refractivity contribution in [1.29, 1.82) is 5.26 Å². The number of amides is 2. The molecule has 1 aromatic rings. The number of nitriles is 1. The van der Waals surface area contributed by atoms with Gasteiger partial charge < -0.3 is 24.8 Å². The van der Waals surface area contributed by atoms with E-state index in [1.807, 2.05) is 6.07 Å². The lowest BCUT2D eigenvalue weighted by Gasteiger charge is -2.43. The molecule has 2 N–H and O–H groups in total. The van der Waals surface area contributed by atoms with Gasteiger partial charge in [0.1, 0.15) is 11.9 Å². The summed E-state index contributed by atoms with van der Waals surface area (Å²) < 4.78 is 26.4. The van der Waals surface area contributed by atoms with Crippen molar-refractivity contribution in [1.82, 2.24) is 15.1 Å². The van der Waals surface area contributed by atoms with Crippen LogP contribution in [0.25, 0.3) is 5.57 Å². The van der Waals surface area contributed by atoms with Crippen LogP contribution in [0.2, 0.25) is 0 Å². The molecular formula is C28H37FN4O5. The van der Waals surface area contributed by atoms with E-state index in [1.54, 1.807) is 26.8 Å². The first-order valence-electron chi connectivity index (χ1n) is 13.2. The number of carbonyl (C=O) groups is 2. The van der Waals surface area contributed by atoms with Gasteiger partial charge in [-0.15, -0.1) is 0 Å². The van der Waals surface area contributed by atoms with Crippen LogP contribution >= 0.6 is 0 Å². The van der Waals surface area contributed by atoms with Crippen LogP contribution in [-0.4, -0.2) is 90.6 Å². The third-order valence-electron chi connectivity index (χ3n) is 7.87. The van der Waals surface area contributed by atoms with Crippen LogP contribution in [0.1, 0.15) is 44.7 Å². The van der Waals surface area contributed by atoms with Crippen LogP contribution in [0, 0.1) is 22.6 Å². The average molecular weight is 529 g/mol. The molecule has 3 heterocycles. The first-order valence-corrected chi connectivity index (χ1v) is 13.2. The fourth-order valence-corrected chi connectivity index (χ4v) is 5.24. The van der Waals surface area contributed by atoms with Gasteiger partial charge in [-0.3, -0.25) is 9.69 Å². The van der Waals surface area contributed by atoms with Crippen molar-refractivity contribution in [2.45, 2.75) is 57.7 Å². The van der Waals surface area contributed by atoms with Crippen molar-refractivity contribution in [2.75, 3.05) is 46.0 Å². The molecule has 2 amide bonds. The summed E-state index contributed by atoms with van der Waals surface area (Å²) in [7, 11) is 0. The third-order valence-corrected chi connectivity index (χ3v) is 7.87. The Kier molecular flexibility index (Phi) is 8.40. The van der Waals surface area contributed by atoms with E-state index in [0.717, 1.165) is 43.9 Å². The highest BCUT2D eigenvalue weighted by Crippen LogP contribution is 2.37. The van der Waals surface area contributed by atoms with Crippen LogP contribution in [0.3, 0.4) is 0 Å². The zero-order valence-corrected chi connectivity index (χ0v) is 22.3. The van der Waals surface area contributed by atoms with Gasteiger partial charge in [-0.1, -0.05) is 39.0 Å². The normalized spacial score (nSPS) is 24.0. The number of benzene rings is 1. The van der Waals surface area contributed by atoms with Gasteiger partial charge in [0.05, 0.1) is 31.9 Å². The van der Waals surface area contributed by atoms with Gasteiger partial charge in [0.15, 0.2) is 5.60 Å². The second-order valence-electron chi connectivity index (χ2n) is 11.3. The lowest BCUT2D eigenvalue weighted by Crippen LogP contribution is -2.63. The second kappa shape index (κ2) is 11.4. The van der Waals surface area contributed by atoms with E-state index in [4.69, 9.17) is 9.47 Å². The standard InChI is InChI=1S/C28H37FN4O5/c1-27(2,3)28(18-33(26(35)36)9-4-12-38-28)25(34)31-22(15-30)13-21-6-5-20(14-24(21)29)19-7-10-32(11-8-19)23-16-37-17-23/h5-7,14,22-23H,4,8-13,16-18H2,1-3H3,(H,31,34)(H,35,36)/t22-,28?/m0/s1. The molecule has 0 aliphatic carbocycles. The molecule has 0 radical (unpaired) electrons. The molecule has 2 saturated heterocycles. The van der Waals surface area contributed by atoms with Crippen molar-refractivity contribution in [3.63, 3.8) is 0 Å². The summed E-state index contributed by atoms with van der Waals surface area (Å²) in [6.07, 6.45) is 2.27. The zero-order chi connectivity index (χ0) is 27.5. The molecule has 2 atom stereocenters. The van der Waals surface area contributed by atoms with E-state index < -0.39 is 34.9 Å². The van der Waals surface area contributed by atoms with E-state index in [1.165, 1.54) is 11.0 Å². The maximum absolute atomic E-state index is 15.1. The summed E-state index contributed by atoms with van der Waals surface area (Å²) >= 11 is 0. The van der Waals surface area contributed by atoms with Crippen molar-refractivity contribution in [3.05, 3.63) is 41.2 Å². The third kappa shape index (κ3) is 5.85. The minimum absolute atomic E-state index is 0.0221. The number of hydrogen-bond donors (Lipinski definition) is 2. The molecule has 2 fully saturated rings. The first-order chi connectivity index (χ1) is 18.0.